The van der Waals surface area contributed by atoms with Gasteiger partial charge >= 0.3 is 0 Å². The van der Waals surface area contributed by atoms with Crippen molar-refractivity contribution in [2.45, 2.75) is 51.1 Å². The molecule has 0 N–H and O–H groups in total. The van der Waals surface area contributed by atoms with Crippen molar-refractivity contribution in [1.29, 1.82) is 0 Å². The van der Waals surface area contributed by atoms with Crippen LogP contribution in [-0.4, -0.2) is 24.3 Å². The van der Waals surface area contributed by atoms with Gasteiger partial charge in [0.05, 0.1) is 6.10 Å². The van der Waals surface area contributed by atoms with Crippen LogP contribution in [0.5, 0.6) is 0 Å². The summed E-state index contributed by atoms with van der Waals surface area (Å²) in [6.07, 6.45) is 4.19. The van der Waals surface area contributed by atoms with Crippen molar-refractivity contribution >= 4 is 6.29 Å². The molecule has 0 radical (unpaired) electrons. The average Bonchev–Trinajstić information content (AvgIpc) is 2.48. The Morgan fingerprint density at radius 3 is 2.77 bits per heavy atom. The maximum Gasteiger partial charge on any atom is 0.164 e. The monoisotopic (exact) mass is 184 g/mol. The van der Waals surface area contributed by atoms with E-state index in [0.717, 1.165) is 25.5 Å². The molecule has 0 bridgehead atoms. The van der Waals surface area contributed by atoms with Gasteiger partial charge in [-0.3, -0.25) is 0 Å². The molecule has 0 aromatic rings. The number of ether oxygens (including phenoxy) is 2. The summed E-state index contributed by atoms with van der Waals surface area (Å²) in [6, 6.07) is 0. The van der Waals surface area contributed by atoms with Gasteiger partial charge in [0.2, 0.25) is 0 Å². The molecular weight excluding hydrogens is 168 g/mol. The topological polar surface area (TPSA) is 35.5 Å². The highest BCUT2D eigenvalue weighted by Crippen LogP contribution is 2.39. The second-order valence-corrected chi connectivity index (χ2v) is 4.37. The highest BCUT2D eigenvalue weighted by atomic mass is 16.7. The molecule has 1 aliphatic heterocycles. The first-order valence-electron chi connectivity index (χ1n) is 4.93. The number of rotatable bonds is 1. The molecule has 2 rings (SSSR count). The minimum Gasteiger partial charge on any atom is -0.347 e. The zero-order valence-electron chi connectivity index (χ0n) is 8.16. The maximum atomic E-state index is 10.8. The number of hydrogen-bond acceptors (Lipinski definition) is 3. The van der Waals surface area contributed by atoms with Crippen LogP contribution in [0.15, 0.2) is 0 Å². The fourth-order valence-corrected chi connectivity index (χ4v) is 2.41. The normalized spacial score (nSPS) is 42.8. The molecule has 3 unspecified atom stereocenters. The minimum absolute atomic E-state index is 0.235. The summed E-state index contributed by atoms with van der Waals surface area (Å²) in [7, 11) is 0. The SMILES string of the molecule is CC1(C)OC(C=O)C2CCCC2O1. The summed E-state index contributed by atoms with van der Waals surface area (Å²) in [6.45, 7) is 3.75. The Hall–Kier alpha value is -0.410. The smallest absolute Gasteiger partial charge is 0.164 e. The number of carbonyl (C=O) groups is 1. The molecule has 74 valence electrons. The van der Waals surface area contributed by atoms with Crippen LogP contribution in [0.1, 0.15) is 33.1 Å². The number of carbonyl (C=O) groups excluding carboxylic acids is 1. The molecule has 1 aliphatic carbocycles. The van der Waals surface area contributed by atoms with Crippen molar-refractivity contribution in [2.24, 2.45) is 5.92 Å². The van der Waals surface area contributed by atoms with E-state index < -0.39 is 5.79 Å². The number of aldehydes is 1. The molecule has 0 amide bonds. The van der Waals surface area contributed by atoms with Crippen LogP contribution in [0.3, 0.4) is 0 Å². The molecule has 2 aliphatic rings. The van der Waals surface area contributed by atoms with E-state index in [-0.39, 0.29) is 12.2 Å². The lowest BCUT2D eigenvalue weighted by molar-refractivity contribution is -0.305. The first kappa shape index (κ1) is 9.16. The Labute approximate surface area is 78.4 Å². The van der Waals surface area contributed by atoms with Gasteiger partial charge in [-0.15, -0.1) is 0 Å². The van der Waals surface area contributed by atoms with Crippen LogP contribution in [-0.2, 0) is 14.3 Å². The second kappa shape index (κ2) is 3.07. The predicted octanol–water partition coefficient (Wildman–Crippen LogP) is 1.51. The third-order valence-electron chi connectivity index (χ3n) is 2.91. The van der Waals surface area contributed by atoms with Gasteiger partial charge in [0, 0.05) is 5.92 Å². The quantitative estimate of drug-likeness (QED) is 0.579. The van der Waals surface area contributed by atoms with Gasteiger partial charge in [-0.2, -0.15) is 0 Å². The first-order chi connectivity index (χ1) is 6.12. The van der Waals surface area contributed by atoms with E-state index in [0.29, 0.717) is 5.92 Å². The summed E-state index contributed by atoms with van der Waals surface area (Å²) in [5, 5.41) is 0. The van der Waals surface area contributed by atoms with Crippen molar-refractivity contribution in [1.82, 2.24) is 0 Å². The van der Waals surface area contributed by atoms with Crippen molar-refractivity contribution in [3.8, 4) is 0 Å². The summed E-state index contributed by atoms with van der Waals surface area (Å²) >= 11 is 0. The summed E-state index contributed by atoms with van der Waals surface area (Å²) in [5.41, 5.74) is 0. The van der Waals surface area contributed by atoms with E-state index in [1.165, 1.54) is 0 Å². The van der Waals surface area contributed by atoms with Crippen molar-refractivity contribution in [2.75, 3.05) is 0 Å². The highest BCUT2D eigenvalue weighted by Gasteiger charge is 2.45. The van der Waals surface area contributed by atoms with E-state index in [9.17, 15) is 4.79 Å². The third kappa shape index (κ3) is 1.63. The lowest BCUT2D eigenvalue weighted by Crippen LogP contribution is -2.49. The molecule has 2 fully saturated rings. The molecular formula is C10H16O3. The average molecular weight is 184 g/mol. The van der Waals surface area contributed by atoms with Crippen LogP contribution in [0.4, 0.5) is 0 Å². The molecule has 3 nitrogen and oxygen atoms in total. The Bertz CT molecular complexity index is 212. The molecule has 3 heteroatoms. The third-order valence-corrected chi connectivity index (χ3v) is 2.91. The molecule has 13 heavy (non-hydrogen) atoms. The van der Waals surface area contributed by atoms with Crippen LogP contribution in [0.25, 0.3) is 0 Å². The van der Waals surface area contributed by atoms with E-state index in [4.69, 9.17) is 9.47 Å². The highest BCUT2D eigenvalue weighted by molar-refractivity contribution is 5.57. The Kier molecular flexibility index (Phi) is 2.16. The molecule has 0 spiro atoms. The van der Waals surface area contributed by atoms with E-state index >= 15 is 0 Å². The fraction of sp³-hybridized carbons (Fsp3) is 0.900. The zero-order valence-corrected chi connectivity index (χ0v) is 8.16. The number of fused-ring (bicyclic) bond motifs is 1. The minimum atomic E-state index is -0.586. The summed E-state index contributed by atoms with van der Waals surface area (Å²) in [4.78, 5) is 10.8. The van der Waals surface area contributed by atoms with E-state index in [1.54, 1.807) is 0 Å². The summed E-state index contributed by atoms with van der Waals surface area (Å²) in [5.74, 6) is -0.289. The van der Waals surface area contributed by atoms with Crippen LogP contribution in [0, 0.1) is 5.92 Å². The molecule has 1 saturated carbocycles. The second-order valence-electron chi connectivity index (χ2n) is 4.37. The van der Waals surface area contributed by atoms with Crippen LogP contribution in [0.2, 0.25) is 0 Å². The van der Waals surface area contributed by atoms with Gasteiger partial charge in [-0.1, -0.05) is 6.42 Å². The molecule has 3 atom stereocenters. The molecule has 0 aromatic carbocycles. The Morgan fingerprint density at radius 2 is 2.08 bits per heavy atom. The van der Waals surface area contributed by atoms with Crippen LogP contribution < -0.4 is 0 Å². The Balaban J connectivity index is 2.15. The Morgan fingerprint density at radius 1 is 1.31 bits per heavy atom. The van der Waals surface area contributed by atoms with Crippen molar-refractivity contribution in [3.05, 3.63) is 0 Å². The lowest BCUT2D eigenvalue weighted by atomic mass is 9.97. The van der Waals surface area contributed by atoms with Gasteiger partial charge in [-0.25, -0.2) is 0 Å². The van der Waals surface area contributed by atoms with Crippen molar-refractivity contribution < 1.29 is 14.3 Å². The number of hydrogen-bond donors (Lipinski definition) is 0. The zero-order chi connectivity index (χ0) is 9.47. The van der Waals surface area contributed by atoms with E-state index in [1.807, 2.05) is 13.8 Å². The van der Waals surface area contributed by atoms with Gasteiger partial charge < -0.3 is 14.3 Å². The fourth-order valence-electron chi connectivity index (χ4n) is 2.41. The molecule has 0 aromatic heterocycles. The molecule has 1 heterocycles. The van der Waals surface area contributed by atoms with Crippen LogP contribution >= 0.6 is 0 Å². The summed E-state index contributed by atoms with van der Waals surface area (Å²) < 4.78 is 11.3. The molecule has 1 saturated heterocycles. The van der Waals surface area contributed by atoms with Gasteiger partial charge in [0.1, 0.15) is 12.4 Å². The van der Waals surface area contributed by atoms with Gasteiger partial charge in [0.25, 0.3) is 0 Å². The van der Waals surface area contributed by atoms with E-state index in [2.05, 4.69) is 0 Å². The largest absolute Gasteiger partial charge is 0.347 e. The van der Waals surface area contributed by atoms with Crippen molar-refractivity contribution in [3.63, 3.8) is 0 Å². The maximum absolute atomic E-state index is 10.8. The lowest BCUT2D eigenvalue weighted by Gasteiger charge is -2.41. The van der Waals surface area contributed by atoms with Gasteiger partial charge in [0.15, 0.2) is 5.79 Å². The first-order valence-corrected chi connectivity index (χ1v) is 4.93. The standard InChI is InChI=1S/C10H16O3/c1-10(2)12-8-5-3-4-7(8)9(6-11)13-10/h6-9H,3-5H2,1-2H3. The predicted molar refractivity (Wildman–Crippen MR) is 47.2 cm³/mol. The van der Waals surface area contributed by atoms with Gasteiger partial charge in [-0.05, 0) is 26.7 Å².